The van der Waals surface area contributed by atoms with Crippen molar-refractivity contribution in [2.45, 2.75) is 32.0 Å². The van der Waals surface area contributed by atoms with E-state index in [1.807, 2.05) is 22.8 Å². The van der Waals surface area contributed by atoms with Crippen LogP contribution in [0.25, 0.3) is 0 Å². The molecule has 1 atom stereocenters. The summed E-state index contributed by atoms with van der Waals surface area (Å²) in [5.41, 5.74) is 1.28. The van der Waals surface area contributed by atoms with E-state index in [1.54, 1.807) is 6.33 Å². The standard InChI is InChI=1S/C19H28N6O/c1-23-10-11-24(2)17(14-23)12-19(26)20-13-18-22-21-15-25(18)9-8-16-6-4-3-5-7-16/h3-7,15,17H,8-14H2,1-2H3,(H,20,26)/t17-/m0/s1. The van der Waals surface area contributed by atoms with Crippen LogP contribution in [-0.4, -0.2) is 70.2 Å². The fourth-order valence-electron chi connectivity index (χ4n) is 3.28. The highest BCUT2D eigenvalue weighted by molar-refractivity contribution is 5.76. The van der Waals surface area contributed by atoms with Crippen molar-refractivity contribution in [3.8, 4) is 0 Å². The zero-order chi connectivity index (χ0) is 18.4. The molecule has 1 N–H and O–H groups in total. The number of nitrogens with zero attached hydrogens (tertiary/aromatic N) is 5. The zero-order valence-corrected chi connectivity index (χ0v) is 15.6. The maximum Gasteiger partial charge on any atom is 0.221 e. The molecule has 140 valence electrons. The number of hydrogen-bond acceptors (Lipinski definition) is 5. The SMILES string of the molecule is CN1CCN(C)[C@@H](CC(=O)NCc2nncn2CCc2ccccc2)C1. The Morgan fingerprint density at radius 3 is 2.85 bits per heavy atom. The summed E-state index contributed by atoms with van der Waals surface area (Å²) < 4.78 is 2.01. The van der Waals surface area contributed by atoms with E-state index in [1.165, 1.54) is 5.56 Å². The molecule has 1 aromatic carbocycles. The quantitative estimate of drug-likeness (QED) is 0.794. The van der Waals surface area contributed by atoms with E-state index < -0.39 is 0 Å². The summed E-state index contributed by atoms with van der Waals surface area (Å²) in [6.07, 6.45) is 3.16. The average molecular weight is 356 g/mol. The molecule has 2 heterocycles. The molecule has 0 radical (unpaired) electrons. The van der Waals surface area contributed by atoms with Gasteiger partial charge in [0.25, 0.3) is 0 Å². The first-order valence-electron chi connectivity index (χ1n) is 9.18. The smallest absolute Gasteiger partial charge is 0.221 e. The fourth-order valence-corrected chi connectivity index (χ4v) is 3.28. The number of likely N-dealkylation sites (N-methyl/N-ethyl adjacent to an activating group) is 2. The van der Waals surface area contributed by atoms with Gasteiger partial charge in [0, 0.05) is 38.6 Å². The van der Waals surface area contributed by atoms with Gasteiger partial charge in [-0.3, -0.25) is 4.79 Å². The van der Waals surface area contributed by atoms with Crippen molar-refractivity contribution in [2.75, 3.05) is 33.7 Å². The van der Waals surface area contributed by atoms with Gasteiger partial charge < -0.3 is 19.7 Å². The first-order valence-corrected chi connectivity index (χ1v) is 9.18. The van der Waals surface area contributed by atoms with Crippen LogP contribution in [0.15, 0.2) is 36.7 Å². The summed E-state index contributed by atoms with van der Waals surface area (Å²) in [5.74, 6) is 0.859. The Morgan fingerprint density at radius 2 is 2.04 bits per heavy atom. The third-order valence-electron chi connectivity index (χ3n) is 5.02. The van der Waals surface area contributed by atoms with Crippen LogP contribution < -0.4 is 5.32 Å². The topological polar surface area (TPSA) is 66.3 Å². The van der Waals surface area contributed by atoms with Gasteiger partial charge >= 0.3 is 0 Å². The molecule has 0 saturated carbocycles. The highest BCUT2D eigenvalue weighted by atomic mass is 16.1. The molecule has 1 amide bonds. The summed E-state index contributed by atoms with van der Waals surface area (Å²) in [6, 6.07) is 10.6. The number of amides is 1. The van der Waals surface area contributed by atoms with E-state index in [9.17, 15) is 4.79 Å². The van der Waals surface area contributed by atoms with Crippen LogP contribution in [0.4, 0.5) is 0 Å². The van der Waals surface area contributed by atoms with Crippen LogP contribution in [0.5, 0.6) is 0 Å². The maximum atomic E-state index is 12.3. The molecule has 2 aromatic rings. The molecule has 7 nitrogen and oxygen atoms in total. The van der Waals surface area contributed by atoms with Gasteiger partial charge in [-0.05, 0) is 26.1 Å². The van der Waals surface area contributed by atoms with Crippen molar-refractivity contribution in [3.63, 3.8) is 0 Å². The molecule has 3 rings (SSSR count). The van der Waals surface area contributed by atoms with E-state index in [-0.39, 0.29) is 11.9 Å². The lowest BCUT2D eigenvalue weighted by atomic mass is 10.1. The van der Waals surface area contributed by atoms with Crippen LogP contribution in [0.2, 0.25) is 0 Å². The predicted molar refractivity (Wildman–Crippen MR) is 101 cm³/mol. The van der Waals surface area contributed by atoms with Gasteiger partial charge in [-0.2, -0.15) is 0 Å². The van der Waals surface area contributed by atoms with E-state index in [2.05, 4.69) is 51.5 Å². The fraction of sp³-hybridized carbons (Fsp3) is 0.526. The zero-order valence-electron chi connectivity index (χ0n) is 15.6. The molecule has 1 aliphatic rings. The number of carbonyl (C=O) groups excluding carboxylic acids is 1. The van der Waals surface area contributed by atoms with Crippen LogP contribution in [0, 0.1) is 0 Å². The van der Waals surface area contributed by atoms with Crippen LogP contribution in [0.3, 0.4) is 0 Å². The largest absolute Gasteiger partial charge is 0.349 e. The highest BCUT2D eigenvalue weighted by Gasteiger charge is 2.24. The van der Waals surface area contributed by atoms with Gasteiger partial charge in [0.1, 0.15) is 6.33 Å². The first-order chi connectivity index (χ1) is 12.6. The van der Waals surface area contributed by atoms with E-state index in [4.69, 9.17) is 0 Å². The molecule has 1 aromatic heterocycles. The molecular weight excluding hydrogens is 328 g/mol. The van der Waals surface area contributed by atoms with Crippen LogP contribution >= 0.6 is 0 Å². The van der Waals surface area contributed by atoms with Gasteiger partial charge in [0.15, 0.2) is 5.82 Å². The number of nitrogens with one attached hydrogen (secondary N) is 1. The number of piperazine rings is 1. The van der Waals surface area contributed by atoms with Crippen molar-refractivity contribution in [2.24, 2.45) is 0 Å². The number of aryl methyl sites for hydroxylation is 2. The number of hydrogen-bond donors (Lipinski definition) is 1. The monoisotopic (exact) mass is 356 g/mol. The number of rotatable bonds is 7. The Balaban J connectivity index is 1.47. The first kappa shape index (κ1) is 18.5. The van der Waals surface area contributed by atoms with Gasteiger partial charge in [0.05, 0.1) is 6.54 Å². The lowest BCUT2D eigenvalue weighted by Crippen LogP contribution is -2.51. The number of carbonyl (C=O) groups is 1. The van der Waals surface area contributed by atoms with Crippen LogP contribution in [-0.2, 0) is 24.3 Å². The van der Waals surface area contributed by atoms with Crippen molar-refractivity contribution >= 4 is 5.91 Å². The third kappa shape index (κ3) is 5.12. The maximum absolute atomic E-state index is 12.3. The predicted octanol–water partition coefficient (Wildman–Crippen LogP) is 0.773. The van der Waals surface area contributed by atoms with Crippen molar-refractivity contribution in [1.29, 1.82) is 0 Å². The summed E-state index contributed by atoms with van der Waals surface area (Å²) >= 11 is 0. The molecule has 0 bridgehead atoms. The Bertz CT molecular complexity index is 701. The Kier molecular flexibility index (Phi) is 6.35. The second-order valence-electron chi connectivity index (χ2n) is 7.05. The summed E-state index contributed by atoms with van der Waals surface area (Å²) in [5, 5.41) is 11.1. The molecule has 1 fully saturated rings. The lowest BCUT2D eigenvalue weighted by Gasteiger charge is -2.37. The minimum absolute atomic E-state index is 0.0646. The molecule has 7 heteroatoms. The normalized spacial score (nSPS) is 18.8. The van der Waals surface area contributed by atoms with E-state index >= 15 is 0 Å². The van der Waals surface area contributed by atoms with E-state index in [0.29, 0.717) is 13.0 Å². The average Bonchev–Trinajstić information content (AvgIpc) is 3.10. The minimum atomic E-state index is 0.0646. The third-order valence-corrected chi connectivity index (χ3v) is 5.02. The number of aromatic nitrogens is 3. The van der Waals surface area contributed by atoms with Gasteiger partial charge in [-0.15, -0.1) is 10.2 Å². The van der Waals surface area contributed by atoms with Crippen molar-refractivity contribution in [1.82, 2.24) is 29.9 Å². The molecule has 1 aliphatic heterocycles. The Hall–Kier alpha value is -2.25. The van der Waals surface area contributed by atoms with Crippen LogP contribution in [0.1, 0.15) is 17.8 Å². The molecule has 0 spiro atoms. The molecule has 26 heavy (non-hydrogen) atoms. The Labute approximate surface area is 155 Å². The molecule has 0 aliphatic carbocycles. The highest BCUT2D eigenvalue weighted by Crippen LogP contribution is 2.09. The van der Waals surface area contributed by atoms with Gasteiger partial charge in [-0.25, -0.2) is 0 Å². The summed E-state index contributed by atoms with van der Waals surface area (Å²) in [7, 11) is 4.19. The summed E-state index contributed by atoms with van der Waals surface area (Å²) in [6.45, 7) is 4.21. The Morgan fingerprint density at radius 1 is 1.23 bits per heavy atom. The molecular formula is C19H28N6O. The van der Waals surface area contributed by atoms with Crippen molar-refractivity contribution < 1.29 is 4.79 Å². The lowest BCUT2D eigenvalue weighted by molar-refractivity contribution is -0.122. The van der Waals surface area contributed by atoms with Gasteiger partial charge in [-0.1, -0.05) is 30.3 Å². The molecule has 0 unspecified atom stereocenters. The molecule has 1 saturated heterocycles. The summed E-state index contributed by atoms with van der Waals surface area (Å²) in [4.78, 5) is 16.9. The van der Waals surface area contributed by atoms with Gasteiger partial charge in [0.2, 0.25) is 5.91 Å². The second kappa shape index (κ2) is 8.91. The number of benzene rings is 1. The second-order valence-corrected chi connectivity index (χ2v) is 7.05. The van der Waals surface area contributed by atoms with E-state index in [0.717, 1.165) is 38.4 Å². The minimum Gasteiger partial charge on any atom is -0.349 e. The van der Waals surface area contributed by atoms with Crippen molar-refractivity contribution in [3.05, 3.63) is 48.0 Å².